The number of rotatable bonds is 4. The summed E-state index contributed by atoms with van der Waals surface area (Å²) in [6.45, 7) is 9.22. The van der Waals surface area contributed by atoms with Crippen LogP contribution in [-0.4, -0.2) is 16.2 Å². The van der Waals surface area contributed by atoms with Crippen molar-refractivity contribution >= 4 is 28.8 Å². The lowest BCUT2D eigenvalue weighted by Crippen LogP contribution is -2.31. The smallest absolute Gasteiger partial charge is 0.155 e. The molecule has 0 aliphatic rings. The van der Waals surface area contributed by atoms with Gasteiger partial charge in [-0.25, -0.2) is 0 Å². The summed E-state index contributed by atoms with van der Waals surface area (Å²) in [5.74, 6) is 0.922. The summed E-state index contributed by atoms with van der Waals surface area (Å²) in [5.41, 5.74) is 2.11. The fraction of sp³-hybridized carbons (Fsp3) is 0.429. The van der Waals surface area contributed by atoms with Crippen LogP contribution in [0, 0.1) is 13.8 Å². The summed E-state index contributed by atoms with van der Waals surface area (Å²) >= 11 is 7.78. The Hall–Kier alpha value is -1.13. The average Bonchev–Trinajstić information content (AvgIpc) is 2.87. The Morgan fingerprint density at radius 1 is 1.26 bits per heavy atom. The van der Waals surface area contributed by atoms with Crippen LogP contribution in [0.5, 0.6) is 0 Å². The molecule has 2 aromatic rings. The van der Waals surface area contributed by atoms with Crippen molar-refractivity contribution in [1.82, 2.24) is 10.2 Å². The van der Waals surface area contributed by atoms with Crippen LogP contribution in [0.25, 0.3) is 0 Å². The molecule has 5 heteroatoms. The highest BCUT2D eigenvalue weighted by Crippen LogP contribution is 2.27. The minimum Gasteiger partial charge on any atom is -0.347 e. The van der Waals surface area contributed by atoms with Crippen LogP contribution in [-0.2, 0) is 6.54 Å². The maximum atomic E-state index is 6.02. The van der Waals surface area contributed by atoms with Crippen molar-refractivity contribution in [3.8, 4) is 0 Å². The molecule has 0 saturated carbocycles. The Morgan fingerprint density at radius 2 is 2.00 bits per heavy atom. The Labute approximate surface area is 123 Å². The van der Waals surface area contributed by atoms with Gasteiger partial charge in [-0.15, -0.1) is 21.5 Å². The van der Waals surface area contributed by atoms with E-state index < -0.39 is 0 Å². The van der Waals surface area contributed by atoms with E-state index in [0.29, 0.717) is 11.2 Å². The minimum absolute atomic E-state index is 0.357. The number of nitrogens with zero attached hydrogens (tertiary/aromatic N) is 3. The zero-order valence-corrected chi connectivity index (χ0v) is 13.2. The standard InChI is InChI=1S/C14H18ClN3S/c1-9(2)18(8-12-6-5-7-19-12)14-11(4)10(3)13(15)16-17-14/h5-7,9H,8H2,1-4H3. The number of hydrogen-bond donors (Lipinski definition) is 0. The van der Waals surface area contributed by atoms with Crippen LogP contribution in [0.3, 0.4) is 0 Å². The van der Waals surface area contributed by atoms with Gasteiger partial charge < -0.3 is 4.90 Å². The van der Waals surface area contributed by atoms with Gasteiger partial charge in [-0.2, -0.15) is 0 Å². The van der Waals surface area contributed by atoms with Crippen LogP contribution in [0.1, 0.15) is 29.9 Å². The minimum atomic E-state index is 0.357. The highest BCUT2D eigenvalue weighted by molar-refractivity contribution is 7.09. The van der Waals surface area contributed by atoms with Crippen molar-refractivity contribution in [3.05, 3.63) is 38.7 Å². The summed E-state index contributed by atoms with van der Waals surface area (Å²) in [7, 11) is 0. The van der Waals surface area contributed by atoms with Gasteiger partial charge in [0.05, 0.1) is 6.54 Å². The predicted octanol–water partition coefficient (Wildman–Crippen LogP) is 4.22. The Morgan fingerprint density at radius 3 is 2.58 bits per heavy atom. The van der Waals surface area contributed by atoms with Gasteiger partial charge in [0, 0.05) is 10.9 Å². The molecule has 2 heterocycles. The number of thiophene rings is 1. The van der Waals surface area contributed by atoms with Crippen molar-refractivity contribution in [2.45, 2.75) is 40.3 Å². The topological polar surface area (TPSA) is 29.0 Å². The van der Waals surface area contributed by atoms with E-state index in [1.54, 1.807) is 11.3 Å². The number of aromatic nitrogens is 2. The number of halogens is 1. The van der Waals surface area contributed by atoms with Gasteiger partial charge in [0.2, 0.25) is 0 Å². The fourth-order valence-corrected chi connectivity index (χ4v) is 2.79. The SMILES string of the molecule is Cc1c(Cl)nnc(N(Cc2cccs2)C(C)C)c1C. The summed E-state index contributed by atoms with van der Waals surface area (Å²) in [5, 5.41) is 10.9. The first-order chi connectivity index (χ1) is 9.00. The van der Waals surface area contributed by atoms with Gasteiger partial charge in [-0.05, 0) is 50.3 Å². The largest absolute Gasteiger partial charge is 0.347 e. The summed E-state index contributed by atoms with van der Waals surface area (Å²) in [6, 6.07) is 4.58. The van der Waals surface area contributed by atoms with E-state index in [0.717, 1.165) is 23.5 Å². The lowest BCUT2D eigenvalue weighted by Gasteiger charge is -2.28. The molecule has 2 aromatic heterocycles. The summed E-state index contributed by atoms with van der Waals surface area (Å²) < 4.78 is 0. The van der Waals surface area contributed by atoms with Gasteiger partial charge in [0.25, 0.3) is 0 Å². The lowest BCUT2D eigenvalue weighted by molar-refractivity contribution is 0.666. The number of anilines is 1. The van der Waals surface area contributed by atoms with Crippen LogP contribution >= 0.6 is 22.9 Å². The zero-order chi connectivity index (χ0) is 14.0. The molecule has 3 nitrogen and oxygen atoms in total. The molecule has 0 atom stereocenters. The van der Waals surface area contributed by atoms with Crippen molar-refractivity contribution in [2.75, 3.05) is 4.90 Å². The van der Waals surface area contributed by atoms with E-state index >= 15 is 0 Å². The van der Waals surface area contributed by atoms with E-state index in [4.69, 9.17) is 11.6 Å². The van der Waals surface area contributed by atoms with Crippen LogP contribution in [0.15, 0.2) is 17.5 Å². The van der Waals surface area contributed by atoms with E-state index in [1.165, 1.54) is 4.88 Å². The van der Waals surface area contributed by atoms with Crippen molar-refractivity contribution in [2.24, 2.45) is 0 Å². The van der Waals surface area contributed by atoms with Crippen LogP contribution in [0.2, 0.25) is 5.15 Å². The summed E-state index contributed by atoms with van der Waals surface area (Å²) in [6.07, 6.45) is 0. The van der Waals surface area contributed by atoms with E-state index in [9.17, 15) is 0 Å². The van der Waals surface area contributed by atoms with Gasteiger partial charge in [-0.3, -0.25) is 0 Å². The molecule has 0 aromatic carbocycles. The van der Waals surface area contributed by atoms with Gasteiger partial charge in [0.15, 0.2) is 11.0 Å². The first-order valence-electron chi connectivity index (χ1n) is 6.29. The maximum absolute atomic E-state index is 6.02. The third-order valence-corrected chi connectivity index (χ3v) is 4.46. The highest BCUT2D eigenvalue weighted by atomic mass is 35.5. The molecule has 0 aliphatic heterocycles. The fourth-order valence-electron chi connectivity index (χ4n) is 1.91. The molecule has 0 spiro atoms. The quantitative estimate of drug-likeness (QED) is 0.845. The molecule has 0 saturated heterocycles. The molecule has 19 heavy (non-hydrogen) atoms. The maximum Gasteiger partial charge on any atom is 0.155 e. The molecule has 0 aliphatic carbocycles. The predicted molar refractivity (Wildman–Crippen MR) is 82.2 cm³/mol. The van der Waals surface area contributed by atoms with Gasteiger partial charge in [0.1, 0.15) is 0 Å². The third kappa shape index (κ3) is 3.07. The average molecular weight is 296 g/mol. The van der Waals surface area contributed by atoms with E-state index in [-0.39, 0.29) is 0 Å². The first-order valence-corrected chi connectivity index (χ1v) is 7.55. The second kappa shape index (κ2) is 5.88. The molecule has 0 amide bonds. The Bertz CT molecular complexity index is 552. The van der Waals surface area contributed by atoms with Crippen molar-refractivity contribution < 1.29 is 0 Å². The van der Waals surface area contributed by atoms with Gasteiger partial charge >= 0.3 is 0 Å². The molecule has 0 unspecified atom stereocenters. The highest BCUT2D eigenvalue weighted by Gasteiger charge is 2.18. The monoisotopic (exact) mass is 295 g/mol. The zero-order valence-electron chi connectivity index (χ0n) is 11.6. The molecular formula is C14H18ClN3S. The number of hydrogen-bond acceptors (Lipinski definition) is 4. The molecule has 102 valence electrons. The molecule has 2 rings (SSSR count). The van der Waals surface area contributed by atoms with Crippen molar-refractivity contribution in [1.29, 1.82) is 0 Å². The van der Waals surface area contributed by atoms with E-state index in [1.807, 2.05) is 6.92 Å². The van der Waals surface area contributed by atoms with Crippen molar-refractivity contribution in [3.63, 3.8) is 0 Å². The Kier molecular flexibility index (Phi) is 4.42. The van der Waals surface area contributed by atoms with E-state index in [2.05, 4.69) is 53.4 Å². The second-order valence-corrected chi connectivity index (χ2v) is 6.26. The molecule has 0 bridgehead atoms. The first kappa shape index (κ1) is 14.3. The normalized spacial score (nSPS) is 11.1. The molecule has 0 N–H and O–H groups in total. The molecular weight excluding hydrogens is 278 g/mol. The molecule has 0 fully saturated rings. The molecule has 0 radical (unpaired) electrons. The van der Waals surface area contributed by atoms with Crippen LogP contribution in [0.4, 0.5) is 5.82 Å². The third-order valence-electron chi connectivity index (χ3n) is 3.24. The summed E-state index contributed by atoms with van der Waals surface area (Å²) in [4.78, 5) is 3.58. The van der Waals surface area contributed by atoms with Crippen LogP contribution < -0.4 is 4.90 Å². The lowest BCUT2D eigenvalue weighted by atomic mass is 10.1. The Balaban J connectivity index is 2.37. The van der Waals surface area contributed by atoms with Gasteiger partial charge in [-0.1, -0.05) is 17.7 Å². The second-order valence-electron chi connectivity index (χ2n) is 4.87.